The molecule has 0 unspecified atom stereocenters. The van der Waals surface area contributed by atoms with Gasteiger partial charge in [0.25, 0.3) is 0 Å². The van der Waals surface area contributed by atoms with E-state index in [2.05, 4.69) is 111 Å². The molecule has 0 spiro atoms. The van der Waals surface area contributed by atoms with Gasteiger partial charge in [0.05, 0.1) is 0 Å². The van der Waals surface area contributed by atoms with Gasteiger partial charge >= 0.3 is 0 Å². The Hall–Kier alpha value is -3.12. The Kier molecular flexibility index (Phi) is 6.74. The van der Waals surface area contributed by atoms with E-state index in [1.54, 1.807) is 44.5 Å². The summed E-state index contributed by atoms with van der Waals surface area (Å²) in [6, 6.07) is 0. The minimum Gasteiger partial charge on any atom is -0.0447 e. The Balaban J connectivity index is 1.74. The predicted octanol–water partition coefficient (Wildman–Crippen LogP) is 11.9. The molecule has 43 heavy (non-hydrogen) atoms. The first-order valence-electron chi connectivity index (χ1n) is 16.5. The van der Waals surface area contributed by atoms with E-state index >= 15 is 0 Å². The summed E-state index contributed by atoms with van der Waals surface area (Å²) in [7, 11) is 0. The highest BCUT2D eigenvalue weighted by Crippen LogP contribution is 2.60. The molecule has 0 heterocycles. The molecule has 0 amide bonds. The van der Waals surface area contributed by atoms with Gasteiger partial charge in [0.15, 0.2) is 0 Å². The van der Waals surface area contributed by atoms with Crippen LogP contribution < -0.4 is 0 Å². The molecule has 0 bridgehead atoms. The van der Waals surface area contributed by atoms with Gasteiger partial charge < -0.3 is 0 Å². The van der Waals surface area contributed by atoms with Crippen molar-refractivity contribution >= 4 is 0 Å². The summed E-state index contributed by atoms with van der Waals surface area (Å²) < 4.78 is 0. The Labute approximate surface area is 262 Å². The van der Waals surface area contributed by atoms with E-state index in [4.69, 9.17) is 0 Å². The van der Waals surface area contributed by atoms with Crippen molar-refractivity contribution in [3.8, 4) is 22.3 Å². The number of fused-ring (bicyclic) bond motifs is 6. The Morgan fingerprint density at radius 3 is 0.581 bits per heavy atom. The lowest BCUT2D eigenvalue weighted by Crippen LogP contribution is -2.12. The van der Waals surface area contributed by atoms with Crippen LogP contribution >= 0.6 is 0 Å². The fourth-order valence-corrected chi connectivity index (χ4v) is 9.39. The SMILES string of the molecule is Cc1c(C)c(C)c2c(c1C)-c1c(C)c(C)c(C)c(C)c1C2CC1c2c(C)c(C)c(C)c(C)c2-c2c(C)c(C)c(C)c(C)c21. The lowest BCUT2D eigenvalue weighted by molar-refractivity contribution is 0.651. The summed E-state index contributed by atoms with van der Waals surface area (Å²) in [4.78, 5) is 0. The third kappa shape index (κ3) is 3.62. The molecule has 0 aromatic heterocycles. The van der Waals surface area contributed by atoms with Crippen molar-refractivity contribution in [2.24, 2.45) is 0 Å². The molecule has 0 aliphatic heterocycles. The first kappa shape index (κ1) is 29.9. The van der Waals surface area contributed by atoms with Crippen molar-refractivity contribution in [2.45, 2.75) is 129 Å². The third-order valence-corrected chi connectivity index (χ3v) is 13.3. The molecule has 0 heteroatoms. The highest BCUT2D eigenvalue weighted by Gasteiger charge is 2.42. The molecule has 0 nitrogen and oxygen atoms in total. The molecule has 0 saturated carbocycles. The van der Waals surface area contributed by atoms with Gasteiger partial charge in [-0.25, -0.2) is 0 Å². The van der Waals surface area contributed by atoms with Crippen LogP contribution in [0.4, 0.5) is 0 Å². The Morgan fingerprint density at radius 1 is 0.233 bits per heavy atom. The summed E-state index contributed by atoms with van der Waals surface area (Å²) in [6.07, 6.45) is 1.12. The second kappa shape index (κ2) is 9.69. The number of hydrogen-bond acceptors (Lipinski definition) is 0. The van der Waals surface area contributed by atoms with Crippen molar-refractivity contribution in [1.82, 2.24) is 0 Å². The average Bonchev–Trinajstić information content (AvgIpc) is 3.50. The van der Waals surface area contributed by atoms with Crippen LogP contribution in [0.5, 0.6) is 0 Å². The van der Waals surface area contributed by atoms with Gasteiger partial charge in [-0.3, -0.25) is 0 Å². The Morgan fingerprint density at radius 2 is 0.395 bits per heavy atom. The molecule has 224 valence electrons. The van der Waals surface area contributed by atoms with Crippen molar-refractivity contribution in [3.05, 3.63) is 111 Å². The van der Waals surface area contributed by atoms with Gasteiger partial charge in [-0.1, -0.05) is 0 Å². The molecule has 4 aromatic rings. The topological polar surface area (TPSA) is 0 Å². The monoisotopic (exact) mass is 568 g/mol. The maximum atomic E-state index is 2.41. The van der Waals surface area contributed by atoms with Crippen LogP contribution in [0.1, 0.15) is 130 Å². The molecule has 0 fully saturated rings. The zero-order valence-corrected chi connectivity index (χ0v) is 29.9. The van der Waals surface area contributed by atoms with Crippen LogP contribution in [0.2, 0.25) is 0 Å². The normalized spacial score (nSPS) is 14.0. The summed E-state index contributed by atoms with van der Waals surface area (Å²) in [5.41, 5.74) is 36.3. The summed E-state index contributed by atoms with van der Waals surface area (Å²) >= 11 is 0. The standard InChI is InChI=1S/C43H52/c1-18-22(5)30(13)40-36(26(18)9)34(37-27(10)19(2)23(6)31(14)41(37)40)17-35-38-28(11)20(3)24(7)32(15)42(38)43-33(16)25(8)21(4)29(12)39(35)43/h34-35H,17H2,1-16H3. The van der Waals surface area contributed by atoms with Crippen LogP contribution in [0.3, 0.4) is 0 Å². The molecule has 2 aliphatic rings. The second-order valence-electron chi connectivity index (χ2n) is 14.5. The lowest BCUT2D eigenvalue weighted by Gasteiger charge is -2.28. The van der Waals surface area contributed by atoms with Crippen molar-refractivity contribution in [1.29, 1.82) is 0 Å². The maximum Gasteiger partial charge on any atom is 0.0116 e. The van der Waals surface area contributed by atoms with E-state index < -0.39 is 0 Å². The smallest absolute Gasteiger partial charge is 0.0116 e. The zero-order valence-electron chi connectivity index (χ0n) is 29.9. The predicted molar refractivity (Wildman–Crippen MR) is 188 cm³/mol. The highest BCUT2D eigenvalue weighted by atomic mass is 14.5. The van der Waals surface area contributed by atoms with Crippen LogP contribution in [-0.2, 0) is 0 Å². The van der Waals surface area contributed by atoms with E-state index in [1.165, 1.54) is 89.0 Å². The molecule has 0 saturated heterocycles. The molecule has 0 atom stereocenters. The fraction of sp³-hybridized carbons (Fsp3) is 0.442. The number of hydrogen-bond donors (Lipinski definition) is 0. The molecule has 6 rings (SSSR count). The minimum atomic E-state index is 0.382. The van der Waals surface area contributed by atoms with Gasteiger partial charge in [-0.2, -0.15) is 0 Å². The minimum absolute atomic E-state index is 0.382. The first-order chi connectivity index (χ1) is 20.1. The van der Waals surface area contributed by atoms with Crippen LogP contribution in [-0.4, -0.2) is 0 Å². The molecule has 2 aliphatic carbocycles. The average molecular weight is 569 g/mol. The largest absolute Gasteiger partial charge is 0.0447 e. The van der Waals surface area contributed by atoms with Crippen LogP contribution in [0, 0.1) is 111 Å². The van der Waals surface area contributed by atoms with Crippen LogP contribution in [0.25, 0.3) is 22.3 Å². The quantitative estimate of drug-likeness (QED) is 0.226. The maximum absolute atomic E-state index is 2.41. The van der Waals surface area contributed by atoms with Gasteiger partial charge in [0, 0.05) is 11.8 Å². The van der Waals surface area contributed by atoms with Crippen molar-refractivity contribution in [3.63, 3.8) is 0 Å². The summed E-state index contributed by atoms with van der Waals surface area (Å²) in [6.45, 7) is 38.0. The van der Waals surface area contributed by atoms with Gasteiger partial charge in [0.2, 0.25) is 0 Å². The van der Waals surface area contributed by atoms with E-state index in [9.17, 15) is 0 Å². The van der Waals surface area contributed by atoms with E-state index in [-0.39, 0.29) is 0 Å². The van der Waals surface area contributed by atoms with Crippen molar-refractivity contribution in [2.75, 3.05) is 0 Å². The number of rotatable bonds is 2. The Bertz CT molecular complexity index is 1660. The fourth-order valence-electron chi connectivity index (χ4n) is 9.39. The van der Waals surface area contributed by atoms with Gasteiger partial charge in [-0.05, 0) is 251 Å². The van der Waals surface area contributed by atoms with Crippen molar-refractivity contribution < 1.29 is 0 Å². The van der Waals surface area contributed by atoms with Gasteiger partial charge in [-0.15, -0.1) is 0 Å². The zero-order chi connectivity index (χ0) is 31.7. The first-order valence-corrected chi connectivity index (χ1v) is 16.5. The highest BCUT2D eigenvalue weighted by molar-refractivity contribution is 5.91. The third-order valence-electron chi connectivity index (χ3n) is 13.3. The molecule has 0 N–H and O–H groups in total. The van der Waals surface area contributed by atoms with E-state index in [0.717, 1.165) is 6.42 Å². The van der Waals surface area contributed by atoms with Gasteiger partial charge in [0.1, 0.15) is 0 Å². The molecular weight excluding hydrogens is 516 g/mol. The number of benzene rings is 4. The van der Waals surface area contributed by atoms with E-state index in [0.29, 0.717) is 11.8 Å². The summed E-state index contributed by atoms with van der Waals surface area (Å²) in [5, 5.41) is 0. The summed E-state index contributed by atoms with van der Waals surface area (Å²) in [5.74, 6) is 0.764. The molecular formula is C43H52. The molecule has 4 aromatic carbocycles. The van der Waals surface area contributed by atoms with Crippen LogP contribution in [0.15, 0.2) is 0 Å². The molecule has 0 radical (unpaired) electrons. The second-order valence-corrected chi connectivity index (χ2v) is 14.5. The lowest BCUT2D eigenvalue weighted by atomic mass is 9.76. The van der Waals surface area contributed by atoms with E-state index in [1.807, 2.05) is 0 Å².